The van der Waals surface area contributed by atoms with E-state index in [-0.39, 0.29) is 11.5 Å². The number of carbonyl (C=O) groups is 1. The van der Waals surface area contributed by atoms with E-state index in [1.54, 1.807) is 38.1 Å². The maximum atomic E-state index is 11.5. The second kappa shape index (κ2) is 5.06. The number of ketones is 1. The summed E-state index contributed by atoms with van der Waals surface area (Å²) in [5, 5.41) is 10.7. The molecule has 0 N–H and O–H groups in total. The second-order valence-electron chi connectivity index (χ2n) is 4.20. The Morgan fingerprint density at radius 1 is 1.32 bits per heavy atom. The van der Waals surface area contributed by atoms with E-state index < -0.39 is 4.92 Å². The van der Waals surface area contributed by atoms with E-state index in [1.807, 2.05) is 0 Å². The lowest BCUT2D eigenvalue weighted by Gasteiger charge is -2.00. The summed E-state index contributed by atoms with van der Waals surface area (Å²) < 4.78 is 5.46. The van der Waals surface area contributed by atoms with Crippen LogP contribution in [0.5, 0.6) is 0 Å². The van der Waals surface area contributed by atoms with E-state index in [1.165, 1.54) is 6.07 Å². The quantitative estimate of drug-likeness (QED) is 0.476. The molecular weight excluding hydrogens is 246 g/mol. The Bertz CT molecular complexity index is 643. The average Bonchev–Trinajstić information content (AvgIpc) is 2.86. The molecule has 0 aliphatic rings. The molecule has 98 valence electrons. The average molecular weight is 259 g/mol. The minimum absolute atomic E-state index is 0.0649. The van der Waals surface area contributed by atoms with Crippen molar-refractivity contribution in [3.05, 3.63) is 51.8 Å². The van der Waals surface area contributed by atoms with Crippen molar-refractivity contribution >= 4 is 11.5 Å². The number of hydrogen-bond acceptors (Lipinski definition) is 4. The standard InChI is InChI=1S/C14H13NO4/c1-3-12(16)14-7-6-13(19-14)10-4-5-11(15(17)18)9(2)8-10/h4-8H,3H2,1-2H3. The summed E-state index contributed by atoms with van der Waals surface area (Å²) in [4.78, 5) is 21.8. The van der Waals surface area contributed by atoms with E-state index in [4.69, 9.17) is 4.42 Å². The number of rotatable bonds is 4. The van der Waals surface area contributed by atoms with Gasteiger partial charge in [0.25, 0.3) is 5.69 Å². The summed E-state index contributed by atoms with van der Waals surface area (Å²) in [5.74, 6) is 0.785. The fourth-order valence-corrected chi connectivity index (χ4v) is 1.83. The van der Waals surface area contributed by atoms with Crippen LogP contribution >= 0.6 is 0 Å². The van der Waals surface area contributed by atoms with Gasteiger partial charge in [0.05, 0.1) is 4.92 Å². The third-order valence-electron chi connectivity index (χ3n) is 2.88. The van der Waals surface area contributed by atoms with Gasteiger partial charge in [0.15, 0.2) is 11.5 Å². The number of carbonyl (C=O) groups excluding carboxylic acids is 1. The number of nitrogens with zero attached hydrogens (tertiary/aromatic N) is 1. The van der Waals surface area contributed by atoms with Crippen LogP contribution in [-0.2, 0) is 0 Å². The maximum Gasteiger partial charge on any atom is 0.272 e. The molecule has 0 aliphatic carbocycles. The van der Waals surface area contributed by atoms with Gasteiger partial charge in [-0.1, -0.05) is 6.92 Å². The van der Waals surface area contributed by atoms with Gasteiger partial charge in [-0.05, 0) is 31.2 Å². The third kappa shape index (κ3) is 2.54. The molecule has 1 heterocycles. The molecule has 5 nitrogen and oxygen atoms in total. The highest BCUT2D eigenvalue weighted by Gasteiger charge is 2.14. The molecule has 0 saturated heterocycles. The molecule has 5 heteroatoms. The molecule has 0 radical (unpaired) electrons. The van der Waals surface area contributed by atoms with Gasteiger partial charge in [-0.2, -0.15) is 0 Å². The van der Waals surface area contributed by atoms with Crippen molar-refractivity contribution in [2.24, 2.45) is 0 Å². The number of benzene rings is 1. The molecule has 0 unspecified atom stereocenters. The molecule has 0 amide bonds. The van der Waals surface area contributed by atoms with Crippen LogP contribution in [0.15, 0.2) is 34.7 Å². The Morgan fingerprint density at radius 2 is 2.05 bits per heavy atom. The molecule has 19 heavy (non-hydrogen) atoms. The molecule has 0 spiro atoms. The lowest BCUT2D eigenvalue weighted by molar-refractivity contribution is -0.385. The first-order valence-electron chi connectivity index (χ1n) is 5.91. The first-order valence-corrected chi connectivity index (χ1v) is 5.91. The van der Waals surface area contributed by atoms with Crippen LogP contribution in [0.3, 0.4) is 0 Å². The van der Waals surface area contributed by atoms with E-state index in [0.717, 1.165) is 5.56 Å². The predicted octanol–water partition coefficient (Wildman–Crippen LogP) is 3.76. The molecular formula is C14H13NO4. The summed E-state index contributed by atoms with van der Waals surface area (Å²) in [6.07, 6.45) is 0.381. The van der Waals surface area contributed by atoms with Gasteiger partial charge >= 0.3 is 0 Å². The van der Waals surface area contributed by atoms with Crippen LogP contribution in [-0.4, -0.2) is 10.7 Å². The number of nitro benzene ring substituents is 1. The Balaban J connectivity index is 2.37. The number of aryl methyl sites for hydroxylation is 1. The van der Waals surface area contributed by atoms with Crippen LogP contribution in [0.4, 0.5) is 5.69 Å². The van der Waals surface area contributed by atoms with Gasteiger partial charge in [0, 0.05) is 23.6 Å². The molecule has 1 aromatic carbocycles. The van der Waals surface area contributed by atoms with E-state index in [9.17, 15) is 14.9 Å². The number of hydrogen-bond donors (Lipinski definition) is 0. The van der Waals surface area contributed by atoms with E-state index >= 15 is 0 Å². The lowest BCUT2D eigenvalue weighted by atomic mass is 10.1. The van der Waals surface area contributed by atoms with Crippen molar-refractivity contribution in [3.8, 4) is 11.3 Å². The van der Waals surface area contributed by atoms with Crippen molar-refractivity contribution in [3.63, 3.8) is 0 Å². The minimum atomic E-state index is -0.423. The maximum absolute atomic E-state index is 11.5. The Labute approximate surface area is 110 Å². The van der Waals surface area contributed by atoms with E-state index in [2.05, 4.69) is 0 Å². The zero-order valence-electron chi connectivity index (χ0n) is 10.7. The van der Waals surface area contributed by atoms with Crippen molar-refractivity contribution in [2.75, 3.05) is 0 Å². The van der Waals surface area contributed by atoms with E-state index in [0.29, 0.717) is 23.5 Å². The molecule has 0 fully saturated rings. The predicted molar refractivity (Wildman–Crippen MR) is 70.2 cm³/mol. The number of nitro groups is 1. The number of furan rings is 1. The molecule has 1 aromatic heterocycles. The highest BCUT2D eigenvalue weighted by molar-refractivity contribution is 5.93. The molecule has 0 atom stereocenters. The highest BCUT2D eigenvalue weighted by Crippen LogP contribution is 2.27. The monoisotopic (exact) mass is 259 g/mol. The number of Topliss-reactive ketones (excluding diaryl/α,β-unsaturated/α-hetero) is 1. The SMILES string of the molecule is CCC(=O)c1ccc(-c2ccc([N+](=O)[O-])c(C)c2)o1. The summed E-state index contributed by atoms with van der Waals surface area (Å²) in [5.41, 5.74) is 1.35. The van der Waals surface area contributed by atoms with Crippen molar-refractivity contribution < 1.29 is 14.1 Å². The third-order valence-corrected chi connectivity index (χ3v) is 2.88. The zero-order chi connectivity index (χ0) is 14.0. The molecule has 2 aromatic rings. The van der Waals surface area contributed by atoms with Gasteiger partial charge in [-0.3, -0.25) is 14.9 Å². The normalized spacial score (nSPS) is 10.4. The largest absolute Gasteiger partial charge is 0.453 e. The van der Waals surface area contributed by atoms with Gasteiger partial charge in [-0.25, -0.2) is 0 Å². The molecule has 0 saturated carbocycles. The fraction of sp³-hybridized carbons (Fsp3) is 0.214. The summed E-state index contributed by atoms with van der Waals surface area (Å²) in [6, 6.07) is 8.05. The van der Waals surface area contributed by atoms with Crippen LogP contribution in [0.2, 0.25) is 0 Å². The fourth-order valence-electron chi connectivity index (χ4n) is 1.83. The highest BCUT2D eigenvalue weighted by atomic mass is 16.6. The topological polar surface area (TPSA) is 73.3 Å². The van der Waals surface area contributed by atoms with Crippen LogP contribution in [0.25, 0.3) is 11.3 Å². The minimum Gasteiger partial charge on any atom is -0.453 e. The van der Waals surface area contributed by atoms with Crippen LogP contribution < -0.4 is 0 Å². The summed E-state index contributed by atoms with van der Waals surface area (Å²) in [7, 11) is 0. The smallest absolute Gasteiger partial charge is 0.272 e. The summed E-state index contributed by atoms with van der Waals surface area (Å²) >= 11 is 0. The summed E-state index contributed by atoms with van der Waals surface area (Å²) in [6.45, 7) is 3.43. The van der Waals surface area contributed by atoms with Crippen molar-refractivity contribution in [1.82, 2.24) is 0 Å². The first-order chi connectivity index (χ1) is 9.02. The van der Waals surface area contributed by atoms with Crippen LogP contribution in [0, 0.1) is 17.0 Å². The van der Waals surface area contributed by atoms with Gasteiger partial charge in [-0.15, -0.1) is 0 Å². The Hall–Kier alpha value is -2.43. The zero-order valence-corrected chi connectivity index (χ0v) is 10.7. The van der Waals surface area contributed by atoms with Crippen molar-refractivity contribution in [1.29, 1.82) is 0 Å². The van der Waals surface area contributed by atoms with Gasteiger partial charge in [0.1, 0.15) is 5.76 Å². The lowest BCUT2D eigenvalue weighted by Crippen LogP contribution is -1.93. The molecule has 0 bridgehead atoms. The van der Waals surface area contributed by atoms with Crippen molar-refractivity contribution in [2.45, 2.75) is 20.3 Å². The Kier molecular flexibility index (Phi) is 3.46. The molecule has 2 rings (SSSR count). The first kappa shape index (κ1) is 13.0. The molecule has 0 aliphatic heterocycles. The Morgan fingerprint density at radius 3 is 2.63 bits per heavy atom. The van der Waals surface area contributed by atoms with Crippen LogP contribution in [0.1, 0.15) is 29.5 Å². The second-order valence-corrected chi connectivity index (χ2v) is 4.20. The van der Waals surface area contributed by atoms with Gasteiger partial charge in [0.2, 0.25) is 0 Å². The van der Waals surface area contributed by atoms with Gasteiger partial charge < -0.3 is 4.42 Å².